The average Bonchev–Trinajstić information content (AvgIpc) is 3.02. The van der Waals surface area contributed by atoms with E-state index in [2.05, 4.69) is 0 Å². The van der Waals surface area contributed by atoms with Crippen molar-refractivity contribution in [3.05, 3.63) is 53.6 Å². The van der Waals surface area contributed by atoms with Crippen LogP contribution in [0.1, 0.15) is 11.1 Å². The Morgan fingerprint density at radius 3 is 2.78 bits per heavy atom. The second kappa shape index (κ2) is 6.60. The highest BCUT2D eigenvalue weighted by molar-refractivity contribution is 5.77. The Morgan fingerprint density at radius 1 is 1.17 bits per heavy atom. The van der Waals surface area contributed by atoms with Crippen LogP contribution in [0.3, 0.4) is 0 Å². The molecule has 2 aromatic carbocycles. The smallest absolute Gasteiger partial charge is 0.260 e. The third-order valence-electron chi connectivity index (χ3n) is 3.80. The van der Waals surface area contributed by atoms with E-state index >= 15 is 0 Å². The van der Waals surface area contributed by atoms with Gasteiger partial charge in [0.2, 0.25) is 6.79 Å². The number of rotatable bonds is 5. The number of hydrogen-bond acceptors (Lipinski definition) is 4. The maximum absolute atomic E-state index is 12.2. The number of nitrogens with zero attached hydrogens (tertiary/aromatic N) is 1. The first kappa shape index (κ1) is 15.2. The molecule has 0 spiro atoms. The molecule has 1 heterocycles. The van der Waals surface area contributed by atoms with Gasteiger partial charge in [0.25, 0.3) is 5.91 Å². The molecule has 0 fully saturated rings. The molecular weight excluding hydrogens is 294 g/mol. The molecular formula is C18H19NO4. The zero-order valence-electron chi connectivity index (χ0n) is 13.2. The number of fused-ring (bicyclic) bond motifs is 1. The fourth-order valence-corrected chi connectivity index (χ4v) is 2.35. The largest absolute Gasteiger partial charge is 0.484 e. The summed E-state index contributed by atoms with van der Waals surface area (Å²) in [7, 11) is 1.78. The van der Waals surface area contributed by atoms with Crippen molar-refractivity contribution in [2.75, 3.05) is 20.4 Å². The van der Waals surface area contributed by atoms with Gasteiger partial charge < -0.3 is 19.1 Å². The molecule has 1 aliphatic heterocycles. The number of likely N-dealkylation sites (N-methyl/N-ethyl adjacent to an activating group) is 1. The summed E-state index contributed by atoms with van der Waals surface area (Å²) < 4.78 is 16.1. The molecule has 1 aliphatic rings. The fraction of sp³-hybridized carbons (Fsp3) is 0.278. The molecule has 0 saturated carbocycles. The van der Waals surface area contributed by atoms with Gasteiger partial charge in [0.1, 0.15) is 5.75 Å². The number of carbonyl (C=O) groups is 1. The molecule has 0 N–H and O–H groups in total. The van der Waals surface area contributed by atoms with Gasteiger partial charge in [0.05, 0.1) is 0 Å². The minimum absolute atomic E-state index is 0.0119. The van der Waals surface area contributed by atoms with E-state index in [1.54, 1.807) is 30.1 Å². The first-order valence-electron chi connectivity index (χ1n) is 7.44. The van der Waals surface area contributed by atoms with Crippen LogP contribution in [-0.4, -0.2) is 31.3 Å². The number of carbonyl (C=O) groups excluding carboxylic acids is 1. The van der Waals surface area contributed by atoms with Crippen LogP contribution in [0.25, 0.3) is 0 Å². The molecule has 0 bridgehead atoms. The average molecular weight is 313 g/mol. The molecule has 0 unspecified atom stereocenters. The van der Waals surface area contributed by atoms with Crippen molar-refractivity contribution in [2.45, 2.75) is 13.5 Å². The summed E-state index contributed by atoms with van der Waals surface area (Å²) in [5, 5.41) is 0. The lowest BCUT2D eigenvalue weighted by Gasteiger charge is -2.18. The van der Waals surface area contributed by atoms with E-state index in [9.17, 15) is 4.79 Å². The molecule has 120 valence electrons. The lowest BCUT2D eigenvalue weighted by Crippen LogP contribution is -2.31. The Morgan fingerprint density at radius 2 is 1.96 bits per heavy atom. The summed E-state index contributed by atoms with van der Waals surface area (Å²) in [5.41, 5.74) is 2.30. The third-order valence-corrected chi connectivity index (χ3v) is 3.80. The lowest BCUT2D eigenvalue weighted by molar-refractivity contribution is -0.132. The highest BCUT2D eigenvalue weighted by Gasteiger charge is 2.15. The SMILES string of the molecule is Cc1ccccc1CN(C)C(=O)COc1ccc2c(c1)OCO2. The van der Waals surface area contributed by atoms with Crippen molar-refractivity contribution in [3.63, 3.8) is 0 Å². The summed E-state index contributed by atoms with van der Waals surface area (Å²) in [5.74, 6) is 1.85. The Balaban J connectivity index is 1.55. The maximum atomic E-state index is 12.2. The minimum atomic E-state index is -0.0779. The van der Waals surface area contributed by atoms with Crippen molar-refractivity contribution in [1.29, 1.82) is 0 Å². The summed E-state index contributed by atoms with van der Waals surface area (Å²) >= 11 is 0. The molecule has 2 aromatic rings. The van der Waals surface area contributed by atoms with Gasteiger partial charge in [-0.15, -0.1) is 0 Å². The van der Waals surface area contributed by atoms with E-state index in [1.165, 1.54) is 5.56 Å². The Kier molecular flexibility index (Phi) is 4.37. The molecule has 5 heteroatoms. The van der Waals surface area contributed by atoms with Crippen LogP contribution < -0.4 is 14.2 Å². The van der Waals surface area contributed by atoms with Gasteiger partial charge in [0, 0.05) is 19.7 Å². The molecule has 0 atom stereocenters. The van der Waals surface area contributed by atoms with Crippen LogP contribution in [-0.2, 0) is 11.3 Å². The van der Waals surface area contributed by atoms with Crippen LogP contribution in [0.5, 0.6) is 17.2 Å². The summed E-state index contributed by atoms with van der Waals surface area (Å²) in [6.45, 7) is 2.81. The Bertz CT molecular complexity index is 714. The van der Waals surface area contributed by atoms with Gasteiger partial charge in [0.15, 0.2) is 18.1 Å². The number of hydrogen-bond donors (Lipinski definition) is 0. The monoisotopic (exact) mass is 313 g/mol. The van der Waals surface area contributed by atoms with Crippen LogP contribution in [0.4, 0.5) is 0 Å². The van der Waals surface area contributed by atoms with Crippen molar-refractivity contribution < 1.29 is 19.0 Å². The molecule has 5 nitrogen and oxygen atoms in total. The second-order valence-corrected chi connectivity index (χ2v) is 5.48. The van der Waals surface area contributed by atoms with E-state index in [1.807, 2.05) is 31.2 Å². The van der Waals surface area contributed by atoms with E-state index in [-0.39, 0.29) is 19.3 Å². The highest BCUT2D eigenvalue weighted by Crippen LogP contribution is 2.35. The van der Waals surface area contributed by atoms with Crippen molar-refractivity contribution in [2.24, 2.45) is 0 Å². The van der Waals surface area contributed by atoms with Gasteiger partial charge >= 0.3 is 0 Å². The third kappa shape index (κ3) is 3.56. The van der Waals surface area contributed by atoms with Crippen LogP contribution in [0.15, 0.2) is 42.5 Å². The normalized spacial score (nSPS) is 12.1. The van der Waals surface area contributed by atoms with Gasteiger partial charge in [-0.25, -0.2) is 0 Å². The molecule has 3 rings (SSSR count). The minimum Gasteiger partial charge on any atom is -0.484 e. The maximum Gasteiger partial charge on any atom is 0.260 e. The van der Waals surface area contributed by atoms with Crippen molar-refractivity contribution in [3.8, 4) is 17.2 Å². The summed E-state index contributed by atoms with van der Waals surface area (Å²) in [4.78, 5) is 13.9. The molecule has 23 heavy (non-hydrogen) atoms. The van der Waals surface area contributed by atoms with Crippen molar-refractivity contribution in [1.82, 2.24) is 4.90 Å². The first-order chi connectivity index (χ1) is 11.1. The van der Waals surface area contributed by atoms with Crippen LogP contribution >= 0.6 is 0 Å². The van der Waals surface area contributed by atoms with Gasteiger partial charge in [-0.1, -0.05) is 24.3 Å². The standard InChI is InChI=1S/C18H19NO4/c1-13-5-3-4-6-14(13)10-19(2)18(20)11-21-15-7-8-16-17(9-15)23-12-22-16/h3-9H,10-12H2,1-2H3. The van der Waals surface area contributed by atoms with E-state index in [0.717, 1.165) is 5.56 Å². The molecule has 0 radical (unpaired) electrons. The first-order valence-corrected chi connectivity index (χ1v) is 7.44. The van der Waals surface area contributed by atoms with Gasteiger partial charge in [-0.3, -0.25) is 4.79 Å². The number of amides is 1. The van der Waals surface area contributed by atoms with E-state index in [0.29, 0.717) is 23.8 Å². The highest BCUT2D eigenvalue weighted by atomic mass is 16.7. The molecule has 0 aromatic heterocycles. The number of benzene rings is 2. The molecule has 0 saturated heterocycles. The van der Waals surface area contributed by atoms with Gasteiger partial charge in [-0.2, -0.15) is 0 Å². The van der Waals surface area contributed by atoms with Crippen LogP contribution in [0, 0.1) is 6.92 Å². The number of ether oxygens (including phenoxy) is 3. The quantitative estimate of drug-likeness (QED) is 0.851. The predicted molar refractivity (Wildman–Crippen MR) is 85.7 cm³/mol. The fourth-order valence-electron chi connectivity index (χ4n) is 2.35. The zero-order chi connectivity index (χ0) is 16.2. The van der Waals surface area contributed by atoms with Gasteiger partial charge in [-0.05, 0) is 30.2 Å². The Hall–Kier alpha value is -2.69. The van der Waals surface area contributed by atoms with E-state index < -0.39 is 0 Å². The zero-order valence-corrected chi connectivity index (χ0v) is 13.2. The summed E-state index contributed by atoms with van der Waals surface area (Å²) in [6, 6.07) is 13.3. The predicted octanol–water partition coefficient (Wildman–Crippen LogP) is 2.76. The van der Waals surface area contributed by atoms with Crippen LogP contribution in [0.2, 0.25) is 0 Å². The topological polar surface area (TPSA) is 48.0 Å². The second-order valence-electron chi connectivity index (χ2n) is 5.48. The van der Waals surface area contributed by atoms with Crippen molar-refractivity contribution >= 4 is 5.91 Å². The lowest BCUT2D eigenvalue weighted by atomic mass is 10.1. The Labute approximate surface area is 135 Å². The summed E-state index contributed by atoms with van der Waals surface area (Å²) in [6.07, 6.45) is 0. The molecule has 1 amide bonds. The number of aryl methyl sites for hydroxylation is 1. The van der Waals surface area contributed by atoms with E-state index in [4.69, 9.17) is 14.2 Å². The molecule has 0 aliphatic carbocycles.